The first-order valence-electron chi connectivity index (χ1n) is 10.1. The summed E-state index contributed by atoms with van der Waals surface area (Å²) in [7, 11) is 1.51. The van der Waals surface area contributed by atoms with Crippen LogP contribution in [0.2, 0.25) is 5.02 Å². The number of hydrogen-bond acceptors (Lipinski definition) is 6. The molecule has 0 spiro atoms. The number of halogens is 1. The number of benzene rings is 3. The number of amides is 2. The Morgan fingerprint density at radius 2 is 1.82 bits per heavy atom. The van der Waals surface area contributed by atoms with Crippen LogP contribution >= 0.6 is 11.6 Å². The van der Waals surface area contributed by atoms with Crippen molar-refractivity contribution >= 4 is 35.3 Å². The monoisotopic (exact) mass is 476 g/mol. The number of hydrazone groups is 1. The molecule has 0 aromatic heterocycles. The summed E-state index contributed by atoms with van der Waals surface area (Å²) in [5, 5.41) is 16.2. The summed E-state index contributed by atoms with van der Waals surface area (Å²) in [6, 6.07) is 21.0. The Hall–Kier alpha value is -4.35. The van der Waals surface area contributed by atoms with Gasteiger partial charge in [-0.15, -0.1) is 0 Å². The maximum Gasteiger partial charge on any atom is 0.249 e. The molecule has 0 aliphatic carbocycles. The van der Waals surface area contributed by atoms with Gasteiger partial charge in [-0.3, -0.25) is 9.59 Å². The molecule has 3 aromatic rings. The number of carbonyl (C=O) groups excluding carboxylic acids is 2. The van der Waals surface area contributed by atoms with Crippen LogP contribution < -0.4 is 20.2 Å². The average molecular weight is 477 g/mol. The van der Waals surface area contributed by atoms with E-state index in [0.717, 1.165) is 5.56 Å². The molecule has 172 valence electrons. The lowest BCUT2D eigenvalue weighted by Gasteiger charge is -2.12. The molecule has 0 fully saturated rings. The van der Waals surface area contributed by atoms with Gasteiger partial charge in [-0.05, 0) is 54.1 Å². The topological polar surface area (TPSA) is 113 Å². The van der Waals surface area contributed by atoms with Gasteiger partial charge in [0.05, 0.1) is 25.0 Å². The van der Waals surface area contributed by atoms with E-state index in [-0.39, 0.29) is 13.0 Å². The van der Waals surface area contributed by atoms with Crippen LogP contribution in [0.5, 0.6) is 11.5 Å². The molecular formula is C25H21ClN4O4. The Balaban J connectivity index is 1.53. The van der Waals surface area contributed by atoms with Crippen LogP contribution in [0, 0.1) is 11.3 Å². The zero-order valence-electron chi connectivity index (χ0n) is 18.2. The number of anilines is 1. The van der Waals surface area contributed by atoms with Gasteiger partial charge in [-0.25, -0.2) is 5.43 Å². The summed E-state index contributed by atoms with van der Waals surface area (Å²) in [5.41, 5.74) is 4.81. The molecule has 8 nitrogen and oxygen atoms in total. The largest absolute Gasteiger partial charge is 0.493 e. The molecule has 2 amide bonds. The summed E-state index contributed by atoms with van der Waals surface area (Å²) in [6.45, 7) is 0.210. The highest BCUT2D eigenvalue weighted by Crippen LogP contribution is 2.28. The van der Waals surface area contributed by atoms with Crippen molar-refractivity contribution in [2.45, 2.75) is 13.0 Å². The Labute approximate surface area is 201 Å². The van der Waals surface area contributed by atoms with Gasteiger partial charge < -0.3 is 14.8 Å². The predicted octanol–water partition coefficient (Wildman–Crippen LogP) is 4.28. The van der Waals surface area contributed by atoms with Crippen LogP contribution in [-0.4, -0.2) is 25.1 Å². The molecule has 0 unspecified atom stereocenters. The maximum atomic E-state index is 12.0. The molecule has 0 aliphatic heterocycles. The van der Waals surface area contributed by atoms with Crippen LogP contribution in [0.25, 0.3) is 0 Å². The van der Waals surface area contributed by atoms with E-state index in [1.54, 1.807) is 54.6 Å². The van der Waals surface area contributed by atoms with E-state index < -0.39 is 11.8 Å². The van der Waals surface area contributed by atoms with Gasteiger partial charge >= 0.3 is 0 Å². The molecule has 9 heteroatoms. The summed E-state index contributed by atoms with van der Waals surface area (Å²) in [6.07, 6.45) is 1.03. The van der Waals surface area contributed by atoms with Gasteiger partial charge in [-0.2, -0.15) is 10.4 Å². The zero-order valence-corrected chi connectivity index (χ0v) is 19.0. The molecule has 0 bridgehead atoms. The lowest BCUT2D eigenvalue weighted by molar-refractivity contribution is -0.126. The maximum absolute atomic E-state index is 12.0. The second-order valence-electron chi connectivity index (χ2n) is 6.99. The second kappa shape index (κ2) is 12.0. The van der Waals surface area contributed by atoms with E-state index in [1.165, 1.54) is 13.3 Å². The van der Waals surface area contributed by atoms with Crippen LogP contribution in [0.3, 0.4) is 0 Å². The van der Waals surface area contributed by atoms with Crippen LogP contribution in [0.15, 0.2) is 71.8 Å². The zero-order chi connectivity index (χ0) is 24.3. The normalized spacial score (nSPS) is 10.4. The third-order valence-electron chi connectivity index (χ3n) is 4.56. The Morgan fingerprint density at radius 3 is 2.56 bits per heavy atom. The highest BCUT2D eigenvalue weighted by atomic mass is 35.5. The molecule has 0 atom stereocenters. The van der Waals surface area contributed by atoms with Crippen molar-refractivity contribution in [2.24, 2.45) is 5.10 Å². The second-order valence-corrected chi connectivity index (χ2v) is 7.43. The number of nitrogens with one attached hydrogen (secondary N) is 2. The van der Waals surface area contributed by atoms with E-state index in [4.69, 9.17) is 21.1 Å². The van der Waals surface area contributed by atoms with Crippen LogP contribution in [0.4, 0.5) is 5.69 Å². The predicted molar refractivity (Wildman–Crippen MR) is 129 cm³/mol. The Morgan fingerprint density at radius 1 is 1.06 bits per heavy atom. The highest BCUT2D eigenvalue weighted by molar-refractivity contribution is 6.30. The standard InChI is InChI=1S/C25H21ClN4O4/c1-33-23-12-17(6-11-22(23)34-16-19-5-3-2-4-18(19)14-27)15-28-30-25(32)13-24(31)29-21-9-7-20(26)8-10-21/h2-12,15H,13,16H2,1H3,(H,29,31)(H,30,32). The number of hydrogen-bond donors (Lipinski definition) is 2. The van der Waals surface area contributed by atoms with Crippen molar-refractivity contribution in [3.05, 3.63) is 88.4 Å². The van der Waals surface area contributed by atoms with Gasteiger partial charge in [0, 0.05) is 16.3 Å². The molecule has 0 saturated carbocycles. The summed E-state index contributed by atoms with van der Waals surface area (Å²) >= 11 is 5.80. The fourth-order valence-electron chi connectivity index (χ4n) is 2.90. The van der Waals surface area contributed by atoms with Crippen molar-refractivity contribution in [1.82, 2.24) is 5.43 Å². The SMILES string of the molecule is COc1cc(C=NNC(=O)CC(=O)Nc2ccc(Cl)cc2)ccc1OCc1ccccc1C#N. The van der Waals surface area contributed by atoms with Gasteiger partial charge in [-0.1, -0.05) is 29.8 Å². The molecule has 2 N–H and O–H groups in total. The van der Waals surface area contributed by atoms with E-state index in [0.29, 0.717) is 33.3 Å². The van der Waals surface area contributed by atoms with E-state index in [1.807, 2.05) is 12.1 Å². The molecule has 3 aromatic carbocycles. The first-order chi connectivity index (χ1) is 16.5. The number of rotatable bonds is 9. The van der Waals surface area contributed by atoms with Gasteiger partial charge in [0.25, 0.3) is 0 Å². The lowest BCUT2D eigenvalue weighted by Crippen LogP contribution is -2.24. The van der Waals surface area contributed by atoms with E-state index in [9.17, 15) is 14.9 Å². The van der Waals surface area contributed by atoms with Crippen molar-refractivity contribution in [3.63, 3.8) is 0 Å². The van der Waals surface area contributed by atoms with Gasteiger partial charge in [0.1, 0.15) is 13.0 Å². The number of ether oxygens (including phenoxy) is 2. The van der Waals surface area contributed by atoms with E-state index in [2.05, 4.69) is 21.9 Å². The minimum absolute atomic E-state index is 0.210. The molecule has 0 saturated heterocycles. The highest BCUT2D eigenvalue weighted by Gasteiger charge is 2.10. The number of nitrogens with zero attached hydrogens (tertiary/aromatic N) is 2. The fourth-order valence-corrected chi connectivity index (χ4v) is 3.02. The molecule has 3 rings (SSSR count). The van der Waals surface area contributed by atoms with Crippen molar-refractivity contribution < 1.29 is 19.1 Å². The Kier molecular flexibility index (Phi) is 8.60. The molecule has 34 heavy (non-hydrogen) atoms. The lowest BCUT2D eigenvalue weighted by atomic mass is 10.1. The van der Waals surface area contributed by atoms with Crippen molar-refractivity contribution in [3.8, 4) is 17.6 Å². The van der Waals surface area contributed by atoms with Gasteiger partial charge in [0.2, 0.25) is 11.8 Å². The quantitative estimate of drug-likeness (QED) is 0.272. The molecular weight excluding hydrogens is 456 g/mol. The average Bonchev–Trinajstić information content (AvgIpc) is 2.84. The third-order valence-corrected chi connectivity index (χ3v) is 4.81. The molecule has 0 heterocycles. The first kappa shape index (κ1) is 24.3. The van der Waals surface area contributed by atoms with Crippen LogP contribution in [0.1, 0.15) is 23.1 Å². The number of nitriles is 1. The third kappa shape index (κ3) is 7.08. The van der Waals surface area contributed by atoms with Crippen molar-refractivity contribution in [1.29, 1.82) is 5.26 Å². The fraction of sp³-hybridized carbons (Fsp3) is 0.120. The van der Waals surface area contributed by atoms with Crippen LogP contribution in [-0.2, 0) is 16.2 Å². The van der Waals surface area contributed by atoms with Crippen molar-refractivity contribution in [2.75, 3.05) is 12.4 Å². The number of methoxy groups -OCH3 is 1. The minimum Gasteiger partial charge on any atom is -0.493 e. The Bertz CT molecular complexity index is 1240. The number of carbonyl (C=O) groups is 2. The smallest absolute Gasteiger partial charge is 0.249 e. The first-order valence-corrected chi connectivity index (χ1v) is 10.5. The van der Waals surface area contributed by atoms with Gasteiger partial charge in [0.15, 0.2) is 11.5 Å². The summed E-state index contributed by atoms with van der Waals surface area (Å²) in [4.78, 5) is 23.9. The summed E-state index contributed by atoms with van der Waals surface area (Å²) in [5.74, 6) is -0.0793. The summed E-state index contributed by atoms with van der Waals surface area (Å²) < 4.78 is 11.2. The van der Waals surface area contributed by atoms with E-state index >= 15 is 0 Å². The molecule has 0 radical (unpaired) electrons. The minimum atomic E-state index is -0.564. The molecule has 0 aliphatic rings.